The highest BCUT2D eigenvalue weighted by molar-refractivity contribution is 8.00. The average Bonchev–Trinajstić information content (AvgIpc) is 3.25. The van der Waals surface area contributed by atoms with Crippen LogP contribution in [-0.4, -0.2) is 36.8 Å². The third-order valence-corrected chi connectivity index (χ3v) is 6.54. The van der Waals surface area contributed by atoms with Gasteiger partial charge in [0.05, 0.1) is 17.4 Å². The number of hydrogen-bond donors (Lipinski definition) is 2. The van der Waals surface area contributed by atoms with E-state index in [1.54, 1.807) is 11.5 Å². The van der Waals surface area contributed by atoms with E-state index in [4.69, 9.17) is 0 Å². The number of carbonyl (C=O) groups excluding carboxylic acids is 2. The first kappa shape index (κ1) is 22.9. The van der Waals surface area contributed by atoms with Crippen LogP contribution in [-0.2, 0) is 22.6 Å². The number of nitrogens with zero attached hydrogens (tertiary/aromatic N) is 4. The second-order valence-corrected chi connectivity index (χ2v) is 9.30. The molecule has 0 saturated carbocycles. The van der Waals surface area contributed by atoms with Crippen molar-refractivity contribution in [3.05, 3.63) is 46.5 Å². The van der Waals surface area contributed by atoms with Crippen molar-refractivity contribution in [2.45, 2.75) is 51.1 Å². The molecular weight excluding hydrogens is 439 g/mol. The minimum atomic E-state index is -0.431. The Balaban J connectivity index is 1.62. The molecule has 0 spiro atoms. The van der Waals surface area contributed by atoms with Gasteiger partial charge in [0, 0.05) is 17.1 Å². The maximum atomic E-state index is 13.0. The molecule has 0 bridgehead atoms. The van der Waals surface area contributed by atoms with Crippen molar-refractivity contribution in [3.63, 3.8) is 0 Å². The van der Waals surface area contributed by atoms with Gasteiger partial charge >= 0.3 is 0 Å². The minimum Gasteiger partial charge on any atom is -0.326 e. The maximum Gasteiger partial charge on any atom is 0.239 e. The summed E-state index contributed by atoms with van der Waals surface area (Å²) < 4.78 is 14.8. The van der Waals surface area contributed by atoms with Gasteiger partial charge in [-0.3, -0.25) is 9.59 Å². The predicted octanol–water partition coefficient (Wildman–Crippen LogP) is 3.81. The van der Waals surface area contributed by atoms with Gasteiger partial charge in [0.25, 0.3) is 0 Å². The summed E-state index contributed by atoms with van der Waals surface area (Å²) >= 11 is 2.70. The number of thiazole rings is 1. The molecule has 164 valence electrons. The Morgan fingerprint density at radius 2 is 1.90 bits per heavy atom. The van der Waals surface area contributed by atoms with Crippen LogP contribution in [0.5, 0.6) is 0 Å². The van der Waals surface area contributed by atoms with Crippen LogP contribution in [0.15, 0.2) is 29.4 Å². The number of aryl methyl sites for hydroxylation is 2. The Morgan fingerprint density at radius 1 is 1.19 bits per heavy atom. The Kier molecular flexibility index (Phi) is 7.39. The molecule has 0 aliphatic rings. The monoisotopic (exact) mass is 462 g/mol. The fourth-order valence-corrected chi connectivity index (χ4v) is 4.43. The third kappa shape index (κ3) is 5.88. The second kappa shape index (κ2) is 10.0. The van der Waals surface area contributed by atoms with Crippen LogP contribution in [0, 0.1) is 19.7 Å². The number of thioether (sulfide) groups is 1. The first-order chi connectivity index (χ1) is 14.8. The Labute approximate surface area is 187 Å². The normalized spacial score (nSPS) is 11.9. The minimum absolute atomic E-state index is 0.0109. The van der Waals surface area contributed by atoms with E-state index in [1.807, 2.05) is 20.8 Å². The number of rotatable bonds is 8. The number of anilines is 2. The number of halogens is 1. The zero-order valence-corrected chi connectivity index (χ0v) is 19.2. The van der Waals surface area contributed by atoms with Gasteiger partial charge in [-0.2, -0.15) is 0 Å². The fourth-order valence-electron chi connectivity index (χ4n) is 2.68. The molecule has 3 aromatic rings. The highest BCUT2D eigenvalue weighted by Crippen LogP contribution is 2.26. The maximum absolute atomic E-state index is 13.0. The second-order valence-electron chi connectivity index (χ2n) is 6.78. The number of amides is 2. The lowest BCUT2D eigenvalue weighted by atomic mass is 10.3. The van der Waals surface area contributed by atoms with Crippen molar-refractivity contribution < 1.29 is 14.0 Å². The zero-order valence-electron chi connectivity index (χ0n) is 17.6. The van der Waals surface area contributed by atoms with Crippen molar-refractivity contribution >= 4 is 45.7 Å². The molecule has 8 nitrogen and oxygen atoms in total. The van der Waals surface area contributed by atoms with E-state index in [-0.39, 0.29) is 24.1 Å². The quantitative estimate of drug-likeness (QED) is 0.494. The number of nitrogens with one attached hydrogen (secondary N) is 2. The van der Waals surface area contributed by atoms with Gasteiger partial charge in [-0.05, 0) is 52.0 Å². The van der Waals surface area contributed by atoms with Crippen molar-refractivity contribution in [2.75, 3.05) is 10.6 Å². The molecule has 2 aromatic heterocycles. The van der Waals surface area contributed by atoms with Crippen molar-refractivity contribution in [2.24, 2.45) is 0 Å². The summed E-state index contributed by atoms with van der Waals surface area (Å²) in [4.78, 5) is 30.3. The molecule has 11 heteroatoms. The first-order valence-electron chi connectivity index (χ1n) is 9.65. The van der Waals surface area contributed by atoms with Crippen LogP contribution in [0.25, 0.3) is 0 Å². The summed E-state index contributed by atoms with van der Waals surface area (Å²) in [5, 5.41) is 14.5. The third-order valence-electron chi connectivity index (χ3n) is 4.47. The van der Waals surface area contributed by atoms with Crippen molar-refractivity contribution in [3.8, 4) is 0 Å². The van der Waals surface area contributed by atoms with Gasteiger partial charge in [0.1, 0.15) is 11.6 Å². The van der Waals surface area contributed by atoms with E-state index in [1.165, 1.54) is 47.4 Å². The van der Waals surface area contributed by atoms with Gasteiger partial charge in [-0.1, -0.05) is 11.8 Å². The van der Waals surface area contributed by atoms with Crippen molar-refractivity contribution in [1.82, 2.24) is 19.7 Å². The largest absolute Gasteiger partial charge is 0.326 e. The van der Waals surface area contributed by atoms with Crippen LogP contribution in [0.1, 0.15) is 30.2 Å². The smallest absolute Gasteiger partial charge is 0.239 e. The van der Waals surface area contributed by atoms with Crippen molar-refractivity contribution in [1.29, 1.82) is 0 Å². The van der Waals surface area contributed by atoms with E-state index < -0.39 is 5.25 Å². The van der Waals surface area contributed by atoms with E-state index in [0.717, 1.165) is 10.6 Å². The van der Waals surface area contributed by atoms with Gasteiger partial charge in [-0.25, -0.2) is 9.37 Å². The van der Waals surface area contributed by atoms with Gasteiger partial charge in [-0.15, -0.1) is 21.5 Å². The molecule has 0 saturated heterocycles. The lowest BCUT2D eigenvalue weighted by Gasteiger charge is -2.11. The van der Waals surface area contributed by atoms with Crippen LogP contribution in [0.4, 0.5) is 15.2 Å². The molecule has 31 heavy (non-hydrogen) atoms. The summed E-state index contributed by atoms with van der Waals surface area (Å²) in [6, 6.07) is 5.54. The van der Waals surface area contributed by atoms with Crippen LogP contribution in [0.3, 0.4) is 0 Å². The van der Waals surface area contributed by atoms with Gasteiger partial charge in [0.2, 0.25) is 11.8 Å². The van der Waals surface area contributed by atoms with Crippen LogP contribution in [0.2, 0.25) is 0 Å². The Hall–Kier alpha value is -2.79. The van der Waals surface area contributed by atoms with E-state index in [0.29, 0.717) is 28.3 Å². The lowest BCUT2D eigenvalue weighted by Crippen LogP contribution is -2.23. The van der Waals surface area contributed by atoms with Gasteiger partial charge in [0.15, 0.2) is 10.3 Å². The summed E-state index contributed by atoms with van der Waals surface area (Å²) in [6.45, 7) is 8.10. The zero-order chi connectivity index (χ0) is 22.5. The molecule has 1 atom stereocenters. The highest BCUT2D eigenvalue weighted by atomic mass is 32.2. The molecule has 0 aliphatic heterocycles. The number of hydrogen-bond acceptors (Lipinski definition) is 7. The Bertz CT molecular complexity index is 1060. The molecule has 2 N–H and O–H groups in total. The Morgan fingerprint density at radius 3 is 2.52 bits per heavy atom. The SMILES string of the molecule is CCn1c(CC(=O)Nc2ccc(F)cc2)nnc1S[C@@H](C)C(=O)Nc1nc(C)c(C)s1. The van der Waals surface area contributed by atoms with Crippen LogP contribution < -0.4 is 10.6 Å². The molecule has 2 heterocycles. The summed E-state index contributed by atoms with van der Waals surface area (Å²) in [5.41, 5.74) is 1.40. The average molecular weight is 463 g/mol. The van der Waals surface area contributed by atoms with E-state index >= 15 is 0 Å². The summed E-state index contributed by atoms with van der Waals surface area (Å²) in [6.07, 6.45) is 0.0109. The number of carbonyl (C=O) groups is 2. The molecule has 1 aromatic carbocycles. The molecule has 0 fully saturated rings. The molecule has 0 radical (unpaired) electrons. The first-order valence-corrected chi connectivity index (χ1v) is 11.4. The predicted molar refractivity (Wildman–Crippen MR) is 120 cm³/mol. The van der Waals surface area contributed by atoms with E-state index in [2.05, 4.69) is 25.8 Å². The van der Waals surface area contributed by atoms with Crippen LogP contribution >= 0.6 is 23.1 Å². The highest BCUT2D eigenvalue weighted by Gasteiger charge is 2.21. The van der Waals surface area contributed by atoms with E-state index in [9.17, 15) is 14.0 Å². The fraction of sp³-hybridized carbons (Fsp3) is 0.350. The lowest BCUT2D eigenvalue weighted by molar-refractivity contribution is -0.116. The van der Waals surface area contributed by atoms with Gasteiger partial charge < -0.3 is 15.2 Å². The molecule has 0 aliphatic carbocycles. The topological polar surface area (TPSA) is 102 Å². The molecule has 3 rings (SSSR count). The standard InChI is InChI=1S/C20H23FN6O2S2/c1-5-27-16(10-17(28)23-15-8-6-14(21)7-9-15)25-26-20(27)31-13(4)18(29)24-19-22-11(2)12(3)30-19/h6-9,13H,5,10H2,1-4H3,(H,23,28)(H,22,24,29)/t13-/m0/s1. The molecule has 2 amide bonds. The summed E-state index contributed by atoms with van der Waals surface area (Å²) in [5.74, 6) is -0.349. The number of aromatic nitrogens is 4. The number of benzene rings is 1. The summed E-state index contributed by atoms with van der Waals surface area (Å²) in [7, 11) is 0. The molecular formula is C20H23FN6O2S2. The molecule has 0 unspecified atom stereocenters.